The van der Waals surface area contributed by atoms with Crippen LogP contribution in [0, 0.1) is 13.8 Å². The Bertz CT molecular complexity index is 5020. The summed E-state index contributed by atoms with van der Waals surface area (Å²) < 4.78 is 170. The number of carboxylic acids is 2. The fraction of sp³-hybridized carbons (Fsp3) is 0.413. The highest BCUT2D eigenvalue weighted by Gasteiger charge is 2.40. The third-order valence-corrected chi connectivity index (χ3v) is 36.1. The number of aryl methyl sites for hydroxylation is 2. The molecular formula is C92H132Br2O30P9+. The second-order valence-corrected chi connectivity index (χ2v) is 51.1. The molecule has 0 aliphatic rings. The van der Waals surface area contributed by atoms with E-state index < -0.39 is 83.9 Å². The zero-order valence-electron chi connectivity index (χ0n) is 79.9. The van der Waals surface area contributed by atoms with Crippen molar-refractivity contribution in [3.8, 4) is 0 Å². The highest BCUT2D eigenvalue weighted by atomic mass is 79.9. The number of carbonyl (C=O) groups excluding carboxylic acids is 4. The molecule has 30 nitrogen and oxygen atoms in total. The van der Waals surface area contributed by atoms with Crippen LogP contribution in [-0.2, 0) is 101 Å². The second-order valence-electron chi connectivity index (χ2n) is 27.6. The Morgan fingerprint density at radius 3 is 0.797 bits per heavy atom. The maximum atomic E-state index is 13.3. The molecule has 8 aromatic carbocycles. The molecule has 0 saturated heterocycles. The first kappa shape index (κ1) is 126. The number of carboxylic acid groups (broad SMARTS) is 2. The molecule has 0 spiro atoms. The monoisotopic (exact) mass is 2150 g/mol. The van der Waals surface area contributed by atoms with Gasteiger partial charge in [-0.1, -0.05) is 112 Å². The summed E-state index contributed by atoms with van der Waals surface area (Å²) in [5.74, 6) is -3.93. The minimum Gasteiger partial charge on any atom is -0.478 e. The van der Waals surface area contributed by atoms with Crippen LogP contribution in [0.2, 0.25) is 0 Å². The van der Waals surface area contributed by atoms with Gasteiger partial charge in [-0.05, 0) is 294 Å². The van der Waals surface area contributed by atoms with E-state index in [1.54, 1.807) is 184 Å². The SMILES string of the molecule is CCOC(=O)c1ccc(Br)cc1.CCOC(=O)c1ccc(Br)cc1.CCOC(=O)c1ccc(P(=O)(CP(=O)(OCC)OCC)OCC)cc1.CCOC(=O)c1ccc(P(=O)(OCC)OCC)cc1.CCOP(=O)(OCC)c1ccc(C(=O)O)cc1.CCO[P+](=O)CP(=O)(OCC)OCC.CP(C)(=O)c1ccc(C(=O)O)cc1.Cc1ccc(P(C)(C)=O)cc1.Cc1ccc(P(C)C)cc1. The van der Waals surface area contributed by atoms with Gasteiger partial charge in [0, 0.05) is 24.9 Å². The Morgan fingerprint density at radius 1 is 0.308 bits per heavy atom. The van der Waals surface area contributed by atoms with E-state index in [1.807, 2.05) is 55.5 Å². The number of benzene rings is 8. The number of rotatable bonds is 40. The van der Waals surface area contributed by atoms with Gasteiger partial charge < -0.3 is 79.0 Å². The number of hydrogen-bond donors (Lipinski definition) is 2. The van der Waals surface area contributed by atoms with E-state index in [0.29, 0.717) is 69.9 Å². The van der Waals surface area contributed by atoms with Gasteiger partial charge in [-0.3, -0.25) is 22.8 Å². The van der Waals surface area contributed by atoms with E-state index in [9.17, 15) is 65.3 Å². The van der Waals surface area contributed by atoms with Crippen molar-refractivity contribution < 1.29 is 140 Å². The van der Waals surface area contributed by atoms with Crippen LogP contribution in [-0.4, -0.2) is 190 Å². The minimum absolute atomic E-state index is 0.0920. The van der Waals surface area contributed by atoms with E-state index >= 15 is 0 Å². The lowest BCUT2D eigenvalue weighted by atomic mass is 10.2. The fourth-order valence-corrected chi connectivity index (χ4v) is 25.1. The van der Waals surface area contributed by atoms with Gasteiger partial charge in [0.05, 0.1) is 136 Å². The van der Waals surface area contributed by atoms with Crippen molar-refractivity contribution in [1.82, 2.24) is 0 Å². The van der Waals surface area contributed by atoms with Crippen molar-refractivity contribution in [3.05, 3.63) is 248 Å². The number of aromatic carboxylic acids is 2. The van der Waals surface area contributed by atoms with E-state index in [1.165, 1.54) is 77.1 Å². The van der Waals surface area contributed by atoms with Crippen molar-refractivity contribution >= 4 is 167 Å². The van der Waals surface area contributed by atoms with Gasteiger partial charge >= 0.3 is 74.2 Å². The summed E-state index contributed by atoms with van der Waals surface area (Å²) in [5.41, 5.74) is 4.82. The minimum atomic E-state index is -3.56. The molecule has 41 heteroatoms. The molecule has 2 atom stereocenters. The number of hydrogen-bond acceptors (Lipinski definition) is 28. The molecule has 0 aliphatic carbocycles. The van der Waals surface area contributed by atoms with Crippen LogP contribution in [0.5, 0.6) is 0 Å². The van der Waals surface area contributed by atoms with Crippen LogP contribution in [0.1, 0.15) is 170 Å². The maximum Gasteiger partial charge on any atom is 0.521 e. The number of ether oxygens (including phenoxy) is 4. The van der Waals surface area contributed by atoms with Gasteiger partial charge in [0.25, 0.3) is 5.90 Å². The summed E-state index contributed by atoms with van der Waals surface area (Å²) in [6.07, 6.45) is 0. The molecule has 0 heterocycles. The lowest BCUT2D eigenvalue weighted by Crippen LogP contribution is -2.14. The van der Waals surface area contributed by atoms with E-state index in [2.05, 4.69) is 76.4 Å². The summed E-state index contributed by atoms with van der Waals surface area (Å²) in [5, 5.41) is 21.7. The predicted molar refractivity (Wildman–Crippen MR) is 541 cm³/mol. The zero-order chi connectivity index (χ0) is 101. The second kappa shape index (κ2) is 67.5. The normalized spacial score (nSPS) is 11.6. The summed E-state index contributed by atoms with van der Waals surface area (Å²) >= 11 is 6.56. The fourth-order valence-electron chi connectivity index (χ4n) is 10.2. The average Bonchev–Trinajstić information content (AvgIpc) is 0.795. The third kappa shape index (κ3) is 51.0. The molecule has 738 valence electrons. The van der Waals surface area contributed by atoms with Gasteiger partial charge in [0.2, 0.25) is 7.37 Å². The smallest absolute Gasteiger partial charge is 0.478 e. The van der Waals surface area contributed by atoms with E-state index in [0.717, 1.165) is 14.2 Å². The lowest BCUT2D eigenvalue weighted by Gasteiger charge is -2.23. The van der Waals surface area contributed by atoms with Gasteiger partial charge in [0.15, 0.2) is 0 Å². The van der Waals surface area contributed by atoms with Crippen molar-refractivity contribution in [2.75, 3.05) is 144 Å². The topological polar surface area (TPSA) is 409 Å². The van der Waals surface area contributed by atoms with Crippen LogP contribution >= 0.6 is 99.8 Å². The molecule has 0 bridgehead atoms. The maximum absolute atomic E-state index is 13.3. The lowest BCUT2D eigenvalue weighted by molar-refractivity contribution is 0.0516. The van der Waals surface area contributed by atoms with Crippen molar-refractivity contribution in [1.29, 1.82) is 0 Å². The summed E-state index contributed by atoms with van der Waals surface area (Å²) in [6.45, 7) is 43.7. The van der Waals surface area contributed by atoms with E-state index in [-0.39, 0.29) is 109 Å². The Balaban J connectivity index is 0.00000149. The van der Waals surface area contributed by atoms with Crippen molar-refractivity contribution in [3.63, 3.8) is 0 Å². The first-order valence-corrected chi connectivity index (χ1v) is 61.2. The van der Waals surface area contributed by atoms with E-state index in [4.69, 9.17) is 74.4 Å². The molecule has 0 aliphatic heterocycles. The summed E-state index contributed by atoms with van der Waals surface area (Å²) in [4.78, 5) is 66.6. The highest BCUT2D eigenvalue weighted by molar-refractivity contribution is 9.10. The van der Waals surface area contributed by atoms with Crippen LogP contribution in [0.3, 0.4) is 0 Å². The van der Waals surface area contributed by atoms with Crippen LogP contribution < -0.4 is 31.8 Å². The molecule has 133 heavy (non-hydrogen) atoms. The standard InChI is InChI=1S/C16H26O7P2.C13H19O5P.C11H15O5P.2C9H9BrO2.C9H11O3P.C9H13OP.C9H13P.C7H17O5P2/c1-5-20-16(17)14-9-11-15(12-10-14)24(18,21-6-2)13-25(19,22-7-3)23-8-4;1-4-16-13(14)11-7-9-12(10-8-11)19(15,17-5-2)18-6-3;1-3-15-17(14,16-4-2)10-7-5-9(6-8-10)11(12)13;2*1-2-12-9(11)7-3-5-8(10)6-4-7;1-13(2,12)8-5-3-7(4-6-8)9(10)11;1-8-4-6-9(7-5-8)11(2,3)10;1-8-4-6-9(7-5-8)10(2)3;1-4-10-13(8)7-14(9,11-5-2)12-6-3/h9-12H,5-8,13H2,1-4H3;7-10H,4-6H2,1-3H3;5-8H,3-4H2,1-2H3,(H,12,13);2*3-6H,2H2,1H3;3-6H,1-2H3,(H,10,11);4-7H,1-3H3;4-7H,1-3H3;4-7H2,1-3H3/q;;;;;;;;+1. The Hall–Kier alpha value is -6.72. The average molecular weight is 2160 g/mol. The summed E-state index contributed by atoms with van der Waals surface area (Å²) in [6, 6.07) is 54.9. The Morgan fingerprint density at radius 2 is 0.549 bits per heavy atom. The predicted octanol–water partition coefficient (Wildman–Crippen LogP) is 23.5. The molecule has 0 amide bonds. The molecule has 0 aromatic heterocycles. The number of carbonyl (C=O) groups is 6. The first-order valence-electron chi connectivity index (χ1n) is 42.5. The zero-order valence-corrected chi connectivity index (χ0v) is 91.1. The number of esters is 4. The van der Waals surface area contributed by atoms with Crippen molar-refractivity contribution in [2.24, 2.45) is 0 Å². The van der Waals surface area contributed by atoms with Crippen LogP contribution in [0.4, 0.5) is 0 Å². The molecule has 2 unspecified atom stereocenters. The van der Waals surface area contributed by atoms with Gasteiger partial charge in [-0.2, -0.15) is 0 Å². The Kier molecular flexibility index (Phi) is 64.1. The summed E-state index contributed by atoms with van der Waals surface area (Å²) in [7, 11) is -23.0. The highest BCUT2D eigenvalue weighted by Crippen LogP contribution is 2.63. The van der Waals surface area contributed by atoms with Gasteiger partial charge in [0.1, 0.15) is 20.2 Å². The largest absolute Gasteiger partial charge is 0.521 e. The Labute approximate surface area is 804 Å². The molecule has 0 fully saturated rings. The van der Waals surface area contributed by atoms with Crippen molar-refractivity contribution in [2.45, 2.75) is 111 Å². The van der Waals surface area contributed by atoms with Crippen LogP contribution in [0.15, 0.2) is 203 Å². The van der Waals surface area contributed by atoms with Crippen LogP contribution in [0.25, 0.3) is 0 Å². The molecule has 8 rings (SSSR count). The third-order valence-electron chi connectivity index (χ3n) is 16.3. The quantitative estimate of drug-likeness (QED) is 0.0205. The number of halogens is 2. The first-order chi connectivity index (χ1) is 62.6. The molecule has 0 saturated carbocycles. The molecular weight excluding hydrogens is 2020 g/mol. The van der Waals surface area contributed by atoms with Gasteiger partial charge in [-0.25, -0.2) is 28.8 Å². The molecule has 2 N–H and O–H groups in total. The molecule has 0 radical (unpaired) electrons. The van der Waals surface area contributed by atoms with Gasteiger partial charge in [-0.15, -0.1) is 4.52 Å². The molecule has 8 aromatic rings.